The predicted molar refractivity (Wildman–Crippen MR) is 110 cm³/mol. The average Bonchev–Trinajstić information content (AvgIpc) is 3.06. The van der Waals surface area contributed by atoms with E-state index in [4.69, 9.17) is 0 Å². The van der Waals surface area contributed by atoms with Crippen molar-refractivity contribution in [2.24, 2.45) is 19.1 Å². The lowest BCUT2D eigenvalue weighted by Crippen LogP contribution is -2.38. The zero-order valence-corrected chi connectivity index (χ0v) is 17.6. The van der Waals surface area contributed by atoms with Crippen LogP contribution in [0, 0.1) is 0 Å². The van der Waals surface area contributed by atoms with Gasteiger partial charge in [0, 0.05) is 54.2 Å². The minimum Gasteiger partial charge on any atom is -0.353 e. The summed E-state index contributed by atoms with van der Waals surface area (Å²) in [6, 6.07) is 4.17. The minimum atomic E-state index is 0. The number of nitrogens with one attached hydrogen (secondary N) is 1. The van der Waals surface area contributed by atoms with Gasteiger partial charge < -0.3 is 24.3 Å². The van der Waals surface area contributed by atoms with E-state index in [2.05, 4.69) is 54.7 Å². The molecule has 134 valence electrons. The highest BCUT2D eigenvalue weighted by atomic mass is 127. The lowest BCUT2D eigenvalue weighted by atomic mass is 10.4. The minimum absolute atomic E-state index is 0. The van der Waals surface area contributed by atoms with Crippen molar-refractivity contribution in [2.45, 2.75) is 13.1 Å². The molecule has 2 aromatic rings. The van der Waals surface area contributed by atoms with Crippen molar-refractivity contribution >= 4 is 35.9 Å². The summed E-state index contributed by atoms with van der Waals surface area (Å²) in [5.41, 5.74) is 2.35. The molecule has 1 N–H and O–H groups in total. The first-order valence-electron chi connectivity index (χ1n) is 7.64. The number of halogens is 1. The normalized spacial score (nSPS) is 11.2. The van der Waals surface area contributed by atoms with Gasteiger partial charge in [-0.3, -0.25) is 4.99 Å². The van der Waals surface area contributed by atoms with Crippen molar-refractivity contribution in [3.8, 4) is 0 Å². The maximum absolute atomic E-state index is 4.43. The molecule has 0 aliphatic carbocycles. The zero-order valence-electron chi connectivity index (χ0n) is 15.3. The lowest BCUT2D eigenvalue weighted by molar-refractivity contribution is 0.460. The predicted octanol–water partition coefficient (Wildman–Crippen LogP) is 1.65. The molecule has 0 bridgehead atoms. The number of aromatic nitrogens is 3. The first-order chi connectivity index (χ1) is 10.9. The van der Waals surface area contributed by atoms with Gasteiger partial charge in [-0.1, -0.05) is 0 Å². The van der Waals surface area contributed by atoms with Gasteiger partial charge in [0.2, 0.25) is 5.95 Å². The molecule has 0 amide bonds. The lowest BCUT2D eigenvalue weighted by Gasteiger charge is -2.22. The van der Waals surface area contributed by atoms with Crippen molar-refractivity contribution in [3.63, 3.8) is 0 Å². The average molecular weight is 445 g/mol. The smallest absolute Gasteiger partial charge is 0.204 e. The maximum atomic E-state index is 4.43. The SMILES string of the molecule is CN=C(NCc1cnc(N(C)C)n1C)N(C)Cc1cccn1C.I. The molecule has 0 aliphatic rings. The number of guanidine groups is 1. The molecule has 2 heterocycles. The van der Waals surface area contributed by atoms with E-state index in [1.165, 1.54) is 5.69 Å². The van der Waals surface area contributed by atoms with E-state index < -0.39 is 0 Å². The van der Waals surface area contributed by atoms with Crippen LogP contribution < -0.4 is 10.2 Å². The molecular formula is C16H28IN7. The monoisotopic (exact) mass is 445 g/mol. The van der Waals surface area contributed by atoms with Crippen LogP contribution in [-0.4, -0.2) is 53.2 Å². The van der Waals surface area contributed by atoms with Gasteiger partial charge in [0.25, 0.3) is 0 Å². The Morgan fingerprint density at radius 2 is 1.96 bits per heavy atom. The van der Waals surface area contributed by atoms with Crippen molar-refractivity contribution in [1.29, 1.82) is 0 Å². The first kappa shape index (κ1) is 20.3. The Balaban J connectivity index is 0.00000288. The van der Waals surface area contributed by atoms with Crippen LogP contribution in [-0.2, 0) is 27.2 Å². The van der Waals surface area contributed by atoms with Crippen LogP contribution >= 0.6 is 24.0 Å². The summed E-state index contributed by atoms with van der Waals surface area (Å²) in [6.07, 6.45) is 3.95. The number of imidazole rings is 1. The summed E-state index contributed by atoms with van der Waals surface area (Å²) in [4.78, 5) is 12.9. The van der Waals surface area contributed by atoms with Crippen LogP contribution in [0.25, 0.3) is 0 Å². The molecule has 0 atom stereocenters. The Hall–Kier alpha value is -1.71. The van der Waals surface area contributed by atoms with Crippen molar-refractivity contribution in [2.75, 3.05) is 33.1 Å². The molecule has 0 aromatic carbocycles. The Kier molecular flexibility index (Phi) is 7.59. The highest BCUT2D eigenvalue weighted by Gasteiger charge is 2.11. The van der Waals surface area contributed by atoms with E-state index in [0.29, 0.717) is 6.54 Å². The fraction of sp³-hybridized carbons (Fsp3) is 0.500. The fourth-order valence-corrected chi connectivity index (χ4v) is 2.55. The molecule has 0 spiro atoms. The van der Waals surface area contributed by atoms with Crippen molar-refractivity contribution < 1.29 is 0 Å². The van der Waals surface area contributed by atoms with Crippen molar-refractivity contribution in [3.05, 3.63) is 35.9 Å². The molecule has 0 fully saturated rings. The first-order valence-corrected chi connectivity index (χ1v) is 7.64. The maximum Gasteiger partial charge on any atom is 0.204 e. The molecule has 2 rings (SSSR count). The number of hydrogen-bond donors (Lipinski definition) is 1. The van der Waals surface area contributed by atoms with E-state index in [9.17, 15) is 0 Å². The van der Waals surface area contributed by atoms with Crippen LogP contribution in [0.1, 0.15) is 11.4 Å². The van der Waals surface area contributed by atoms with Crippen LogP contribution in [0.3, 0.4) is 0 Å². The number of hydrogen-bond acceptors (Lipinski definition) is 3. The van der Waals surface area contributed by atoms with Crippen LogP contribution in [0.5, 0.6) is 0 Å². The second-order valence-electron chi connectivity index (χ2n) is 5.87. The number of anilines is 1. The molecule has 0 unspecified atom stereocenters. The Morgan fingerprint density at radius 1 is 1.25 bits per heavy atom. The number of nitrogens with zero attached hydrogens (tertiary/aromatic N) is 6. The molecule has 0 saturated heterocycles. The standard InChI is InChI=1S/C16H27N7.HI/c1-17-15(22(5)12-13-8-7-9-21(13)4)18-10-14-11-19-16(20(2)3)23(14)6;/h7-9,11H,10,12H2,1-6H3,(H,17,18);1H. The van der Waals surface area contributed by atoms with Gasteiger partial charge >= 0.3 is 0 Å². The molecule has 0 radical (unpaired) electrons. The van der Waals surface area contributed by atoms with Gasteiger partial charge in [0.05, 0.1) is 25.0 Å². The van der Waals surface area contributed by atoms with Gasteiger partial charge in [-0.25, -0.2) is 4.98 Å². The van der Waals surface area contributed by atoms with Gasteiger partial charge in [-0.15, -0.1) is 24.0 Å². The van der Waals surface area contributed by atoms with E-state index in [-0.39, 0.29) is 24.0 Å². The highest BCUT2D eigenvalue weighted by molar-refractivity contribution is 14.0. The zero-order chi connectivity index (χ0) is 17.0. The third-order valence-electron chi connectivity index (χ3n) is 3.91. The molecule has 2 aromatic heterocycles. The van der Waals surface area contributed by atoms with Gasteiger partial charge in [0.15, 0.2) is 5.96 Å². The molecular weight excluding hydrogens is 417 g/mol. The topological polar surface area (TPSA) is 53.6 Å². The number of aliphatic imine (C=N–C) groups is 1. The summed E-state index contributed by atoms with van der Waals surface area (Å²) in [7, 11) is 11.9. The van der Waals surface area contributed by atoms with Crippen LogP contribution in [0.2, 0.25) is 0 Å². The largest absolute Gasteiger partial charge is 0.353 e. The third kappa shape index (κ3) is 4.65. The van der Waals surface area contributed by atoms with Crippen LogP contribution in [0.15, 0.2) is 29.5 Å². The molecule has 0 aliphatic heterocycles. The quantitative estimate of drug-likeness (QED) is 0.432. The number of aryl methyl sites for hydroxylation is 1. The van der Waals surface area contributed by atoms with E-state index in [1.54, 1.807) is 7.05 Å². The molecule has 7 nitrogen and oxygen atoms in total. The third-order valence-corrected chi connectivity index (χ3v) is 3.91. The van der Waals surface area contributed by atoms with Crippen LogP contribution in [0.4, 0.5) is 5.95 Å². The summed E-state index contributed by atoms with van der Waals surface area (Å²) in [6.45, 7) is 1.49. The molecule has 0 saturated carbocycles. The van der Waals surface area contributed by atoms with Gasteiger partial charge in [-0.05, 0) is 12.1 Å². The molecule has 8 heteroatoms. The highest BCUT2D eigenvalue weighted by Crippen LogP contribution is 2.11. The van der Waals surface area contributed by atoms with Gasteiger partial charge in [0.1, 0.15) is 0 Å². The number of rotatable bonds is 5. The van der Waals surface area contributed by atoms with E-state index >= 15 is 0 Å². The Bertz CT molecular complexity index is 672. The van der Waals surface area contributed by atoms with Gasteiger partial charge in [-0.2, -0.15) is 0 Å². The summed E-state index contributed by atoms with van der Waals surface area (Å²) in [5.74, 6) is 1.80. The van der Waals surface area contributed by atoms with E-state index in [0.717, 1.165) is 24.1 Å². The Morgan fingerprint density at radius 3 is 2.46 bits per heavy atom. The van der Waals surface area contributed by atoms with E-state index in [1.807, 2.05) is 39.3 Å². The summed E-state index contributed by atoms with van der Waals surface area (Å²) in [5, 5.41) is 3.40. The summed E-state index contributed by atoms with van der Waals surface area (Å²) < 4.78 is 4.20. The fourth-order valence-electron chi connectivity index (χ4n) is 2.55. The molecule has 24 heavy (non-hydrogen) atoms. The Labute approximate surface area is 161 Å². The second-order valence-corrected chi connectivity index (χ2v) is 5.87. The second kappa shape index (κ2) is 8.95. The van der Waals surface area contributed by atoms with Crippen molar-refractivity contribution in [1.82, 2.24) is 24.3 Å². The summed E-state index contributed by atoms with van der Waals surface area (Å²) >= 11 is 0.